The smallest absolute Gasteiger partial charge is 0.248 e. The quantitative estimate of drug-likeness (QED) is 0.893. The van der Waals surface area contributed by atoms with Gasteiger partial charge in [-0.1, -0.05) is 35.0 Å². The normalized spacial score (nSPS) is 15.8. The summed E-state index contributed by atoms with van der Waals surface area (Å²) in [4.78, 5) is 19.7. The molecule has 1 saturated heterocycles. The predicted octanol–water partition coefficient (Wildman–Crippen LogP) is 0.682. The number of rotatable bonds is 4. The zero-order chi connectivity index (χ0) is 16.2. The molecular weight excluding hydrogens is 296 g/mol. The topological polar surface area (TPSA) is 82.7 Å². The maximum absolute atomic E-state index is 11.4. The van der Waals surface area contributed by atoms with Crippen LogP contribution < -0.4 is 0 Å². The van der Waals surface area contributed by atoms with Crippen molar-refractivity contribution in [1.29, 1.82) is 0 Å². The Morgan fingerprint density at radius 1 is 1.22 bits per heavy atom. The summed E-state index contributed by atoms with van der Waals surface area (Å²) in [6, 6.07) is 7.98. The summed E-state index contributed by atoms with van der Waals surface area (Å²) in [5.41, 5.74) is 2.12. The molecule has 0 saturated carbocycles. The van der Waals surface area contributed by atoms with E-state index in [-0.39, 0.29) is 5.91 Å². The fourth-order valence-electron chi connectivity index (χ4n) is 2.59. The summed E-state index contributed by atoms with van der Waals surface area (Å²) in [5.74, 6) is 0.945. The average molecular weight is 316 g/mol. The number of aliphatic hydroxyl groups excluding tert-OH is 1. The molecule has 1 fully saturated rings. The Bertz CT molecular complexity index is 660. The monoisotopic (exact) mass is 316 g/mol. The highest BCUT2D eigenvalue weighted by Gasteiger charge is 2.22. The van der Waals surface area contributed by atoms with Crippen LogP contribution in [0.15, 0.2) is 28.8 Å². The molecule has 7 nitrogen and oxygen atoms in total. The van der Waals surface area contributed by atoms with Gasteiger partial charge in [0.25, 0.3) is 0 Å². The minimum Gasteiger partial charge on any atom is -0.387 e. The van der Waals surface area contributed by atoms with Crippen LogP contribution >= 0.6 is 0 Å². The highest BCUT2D eigenvalue weighted by atomic mass is 16.5. The molecule has 7 heteroatoms. The van der Waals surface area contributed by atoms with Crippen LogP contribution in [0.2, 0.25) is 0 Å². The van der Waals surface area contributed by atoms with Gasteiger partial charge < -0.3 is 14.5 Å². The van der Waals surface area contributed by atoms with Crippen LogP contribution in [-0.4, -0.2) is 63.7 Å². The summed E-state index contributed by atoms with van der Waals surface area (Å²) in [6.45, 7) is 4.86. The first-order valence-electron chi connectivity index (χ1n) is 7.66. The van der Waals surface area contributed by atoms with Gasteiger partial charge in [0.2, 0.25) is 17.6 Å². The number of carbonyl (C=O) groups excluding carboxylic acids is 1. The lowest BCUT2D eigenvalue weighted by Crippen LogP contribution is -2.49. The zero-order valence-electron chi connectivity index (χ0n) is 13.1. The van der Waals surface area contributed by atoms with E-state index >= 15 is 0 Å². The molecule has 1 N–H and O–H groups in total. The van der Waals surface area contributed by atoms with Crippen LogP contribution in [0.3, 0.4) is 0 Å². The predicted molar refractivity (Wildman–Crippen MR) is 83.4 cm³/mol. The van der Waals surface area contributed by atoms with Crippen LogP contribution in [0.5, 0.6) is 0 Å². The molecule has 2 heterocycles. The molecule has 1 aromatic carbocycles. The first kappa shape index (κ1) is 15.6. The van der Waals surface area contributed by atoms with Crippen molar-refractivity contribution >= 4 is 5.91 Å². The van der Waals surface area contributed by atoms with E-state index in [0.29, 0.717) is 31.3 Å². The van der Waals surface area contributed by atoms with Gasteiger partial charge in [-0.15, -0.1) is 0 Å². The number of nitrogens with zero attached hydrogens (tertiary/aromatic N) is 4. The Hall–Kier alpha value is -2.25. The summed E-state index contributed by atoms with van der Waals surface area (Å²) in [5, 5.41) is 12.9. The van der Waals surface area contributed by atoms with Crippen molar-refractivity contribution in [2.45, 2.75) is 13.5 Å². The fraction of sp³-hybridized carbons (Fsp3) is 0.438. The Morgan fingerprint density at radius 2 is 1.91 bits per heavy atom. The number of carbonyl (C=O) groups is 1. The van der Waals surface area contributed by atoms with Crippen LogP contribution in [-0.2, 0) is 11.3 Å². The third-order valence-electron chi connectivity index (χ3n) is 4.00. The van der Waals surface area contributed by atoms with E-state index in [1.165, 1.54) is 5.56 Å². The van der Waals surface area contributed by atoms with E-state index in [0.717, 1.165) is 18.7 Å². The first-order chi connectivity index (χ1) is 11.2. The molecule has 0 atom stereocenters. The van der Waals surface area contributed by atoms with Gasteiger partial charge >= 0.3 is 0 Å². The van der Waals surface area contributed by atoms with Gasteiger partial charge in [0.1, 0.15) is 6.61 Å². The van der Waals surface area contributed by atoms with Crippen LogP contribution in [0.25, 0.3) is 11.4 Å². The number of aromatic nitrogens is 2. The zero-order valence-corrected chi connectivity index (χ0v) is 13.1. The van der Waals surface area contributed by atoms with E-state index in [9.17, 15) is 4.79 Å². The number of hydrogen-bond acceptors (Lipinski definition) is 6. The second-order valence-corrected chi connectivity index (χ2v) is 5.69. The van der Waals surface area contributed by atoms with Gasteiger partial charge in [-0.2, -0.15) is 4.98 Å². The van der Waals surface area contributed by atoms with Crippen molar-refractivity contribution in [3.63, 3.8) is 0 Å². The third-order valence-corrected chi connectivity index (χ3v) is 4.00. The molecule has 0 radical (unpaired) electrons. The molecule has 1 aliphatic heterocycles. The molecule has 0 bridgehead atoms. The van der Waals surface area contributed by atoms with Crippen molar-refractivity contribution in [3.05, 3.63) is 35.7 Å². The van der Waals surface area contributed by atoms with E-state index in [1.54, 1.807) is 4.90 Å². The summed E-state index contributed by atoms with van der Waals surface area (Å²) in [7, 11) is 0. The summed E-state index contributed by atoms with van der Waals surface area (Å²) in [6.07, 6.45) is 0. The van der Waals surface area contributed by atoms with Gasteiger partial charge in [0.05, 0.1) is 6.54 Å². The number of piperazine rings is 1. The first-order valence-corrected chi connectivity index (χ1v) is 7.66. The molecule has 0 spiro atoms. The van der Waals surface area contributed by atoms with Gasteiger partial charge in [0, 0.05) is 31.7 Å². The average Bonchev–Trinajstić information content (AvgIpc) is 3.04. The number of hydrogen-bond donors (Lipinski definition) is 1. The highest BCUT2D eigenvalue weighted by molar-refractivity contribution is 5.77. The maximum atomic E-state index is 11.4. The lowest BCUT2D eigenvalue weighted by molar-refractivity contribution is -0.136. The largest absolute Gasteiger partial charge is 0.387 e. The number of aliphatic hydroxyl groups is 1. The SMILES string of the molecule is Cc1ccc(-c2noc(CN3CCN(C(=O)CO)CC3)n2)cc1. The summed E-state index contributed by atoms with van der Waals surface area (Å²) < 4.78 is 5.32. The van der Waals surface area contributed by atoms with Crippen molar-refractivity contribution in [3.8, 4) is 11.4 Å². The minimum absolute atomic E-state index is 0.218. The lowest BCUT2D eigenvalue weighted by atomic mass is 10.1. The van der Waals surface area contributed by atoms with Crippen LogP contribution in [0.1, 0.15) is 11.5 Å². The fourth-order valence-corrected chi connectivity index (χ4v) is 2.59. The Labute approximate surface area is 134 Å². The van der Waals surface area contributed by atoms with Crippen molar-refractivity contribution in [2.75, 3.05) is 32.8 Å². The van der Waals surface area contributed by atoms with E-state index < -0.39 is 6.61 Å². The van der Waals surface area contributed by atoms with Gasteiger partial charge in [0.15, 0.2) is 0 Å². The molecule has 0 aliphatic carbocycles. The van der Waals surface area contributed by atoms with Gasteiger partial charge in [-0.05, 0) is 6.92 Å². The molecule has 3 rings (SSSR count). The van der Waals surface area contributed by atoms with Gasteiger partial charge in [-0.3, -0.25) is 9.69 Å². The molecule has 23 heavy (non-hydrogen) atoms. The second kappa shape index (κ2) is 6.89. The van der Waals surface area contributed by atoms with E-state index in [4.69, 9.17) is 9.63 Å². The number of benzene rings is 1. The maximum Gasteiger partial charge on any atom is 0.248 e. The Kier molecular flexibility index (Phi) is 4.68. The number of amides is 1. The highest BCUT2D eigenvalue weighted by Crippen LogP contribution is 2.17. The van der Waals surface area contributed by atoms with Gasteiger partial charge in [-0.25, -0.2) is 0 Å². The standard InChI is InChI=1S/C16H20N4O3/c1-12-2-4-13(5-3-12)16-17-14(23-18-16)10-19-6-8-20(9-7-19)15(22)11-21/h2-5,21H,6-11H2,1H3. The Balaban J connectivity index is 1.58. The lowest BCUT2D eigenvalue weighted by Gasteiger charge is -2.33. The van der Waals surface area contributed by atoms with Crippen molar-refractivity contribution < 1.29 is 14.4 Å². The third kappa shape index (κ3) is 3.75. The van der Waals surface area contributed by atoms with Crippen molar-refractivity contribution in [2.24, 2.45) is 0 Å². The second-order valence-electron chi connectivity index (χ2n) is 5.69. The molecule has 1 amide bonds. The minimum atomic E-state index is -0.427. The molecule has 2 aromatic rings. The van der Waals surface area contributed by atoms with Crippen LogP contribution in [0.4, 0.5) is 0 Å². The van der Waals surface area contributed by atoms with Crippen molar-refractivity contribution in [1.82, 2.24) is 19.9 Å². The number of aryl methyl sites for hydroxylation is 1. The molecule has 122 valence electrons. The molecule has 0 unspecified atom stereocenters. The molecule has 1 aliphatic rings. The molecule has 1 aromatic heterocycles. The Morgan fingerprint density at radius 3 is 2.57 bits per heavy atom. The molecular formula is C16H20N4O3. The van der Waals surface area contributed by atoms with E-state index in [2.05, 4.69) is 15.0 Å². The summed E-state index contributed by atoms with van der Waals surface area (Å²) >= 11 is 0. The van der Waals surface area contributed by atoms with Crippen LogP contribution in [0, 0.1) is 6.92 Å². The van der Waals surface area contributed by atoms with E-state index in [1.807, 2.05) is 31.2 Å².